The number of aliphatic hydroxyl groups excluding tert-OH is 2. The number of benzene rings is 2. The van der Waals surface area contributed by atoms with Crippen LogP contribution in [0.2, 0.25) is 0 Å². The predicted octanol–water partition coefficient (Wildman–Crippen LogP) is 2.20. The van der Waals surface area contributed by atoms with Crippen LogP contribution >= 0.6 is 0 Å². The normalized spacial score (nSPS) is 28.8. The lowest BCUT2D eigenvalue weighted by Crippen LogP contribution is -2.59. The van der Waals surface area contributed by atoms with Crippen molar-refractivity contribution in [1.82, 2.24) is 0 Å². The lowest BCUT2D eigenvalue weighted by Gasteiger charge is -2.41. The minimum absolute atomic E-state index is 0.189. The summed E-state index contributed by atoms with van der Waals surface area (Å²) in [6, 6.07) is 18.7. The van der Waals surface area contributed by atoms with E-state index in [0.29, 0.717) is 0 Å². The van der Waals surface area contributed by atoms with Gasteiger partial charge in [-0.25, -0.2) is 4.39 Å². The van der Waals surface area contributed by atoms with Crippen LogP contribution in [0.15, 0.2) is 60.7 Å². The molecule has 0 aromatic heterocycles. The second-order valence-electron chi connectivity index (χ2n) is 6.23. The van der Waals surface area contributed by atoms with Gasteiger partial charge in [-0.3, -0.25) is 0 Å². The second-order valence-corrected chi connectivity index (χ2v) is 6.23. The Morgan fingerprint density at radius 1 is 0.808 bits per heavy atom. The Bertz CT molecular complexity index is 654. The van der Waals surface area contributed by atoms with Gasteiger partial charge in [0.25, 0.3) is 0 Å². The Labute approximate surface area is 151 Å². The molecule has 0 saturated carbocycles. The van der Waals surface area contributed by atoms with Crippen molar-refractivity contribution in [3.8, 4) is 0 Å². The predicted molar refractivity (Wildman–Crippen MR) is 92.9 cm³/mol. The number of aliphatic hydroxyl groups is 2. The average Bonchev–Trinajstić information content (AvgIpc) is 2.68. The largest absolute Gasteiger partial charge is 0.387 e. The summed E-state index contributed by atoms with van der Waals surface area (Å²) >= 11 is 0. The van der Waals surface area contributed by atoms with E-state index >= 15 is 0 Å². The van der Waals surface area contributed by atoms with Crippen molar-refractivity contribution < 1.29 is 28.8 Å². The number of hydrogen-bond donors (Lipinski definition) is 2. The van der Waals surface area contributed by atoms with Crippen LogP contribution in [-0.4, -0.2) is 47.6 Å². The van der Waals surface area contributed by atoms with Gasteiger partial charge in [-0.2, -0.15) is 0 Å². The molecule has 0 bridgehead atoms. The summed E-state index contributed by atoms with van der Waals surface area (Å²) in [4.78, 5) is 0. The summed E-state index contributed by atoms with van der Waals surface area (Å²) in [6.45, 7) is -0.488. The summed E-state index contributed by atoms with van der Waals surface area (Å²) in [5.41, 5.74) is 1.78. The van der Waals surface area contributed by atoms with Crippen LogP contribution in [0.1, 0.15) is 11.1 Å². The Balaban J connectivity index is 1.64. The first kappa shape index (κ1) is 18.9. The molecule has 1 heterocycles. The summed E-state index contributed by atoms with van der Waals surface area (Å²) in [5, 5.41) is 20.7. The van der Waals surface area contributed by atoms with Gasteiger partial charge in [0.15, 0.2) is 6.29 Å². The highest BCUT2D eigenvalue weighted by Crippen LogP contribution is 2.26. The molecule has 1 aliphatic heterocycles. The standard InChI is InChI=1S/C20H23FO5/c21-11-16-18(24-12-14-7-3-1-4-8-14)17(22)19(20(23)26-16)25-13-15-9-5-2-6-10-15/h1-10,16-20,22-23H,11-13H2/t16-,17+,18-,19+,20+/m1/s1. The molecule has 2 N–H and O–H groups in total. The summed E-state index contributed by atoms with van der Waals surface area (Å²) < 4.78 is 29.9. The maximum absolute atomic E-state index is 13.3. The topological polar surface area (TPSA) is 68.2 Å². The monoisotopic (exact) mass is 362 g/mol. The molecular weight excluding hydrogens is 339 g/mol. The van der Waals surface area contributed by atoms with Gasteiger partial charge in [-0.1, -0.05) is 60.7 Å². The second kappa shape index (κ2) is 9.21. The van der Waals surface area contributed by atoms with Crippen molar-refractivity contribution in [1.29, 1.82) is 0 Å². The molecule has 2 aromatic carbocycles. The van der Waals surface area contributed by atoms with Crippen LogP contribution < -0.4 is 0 Å². The quantitative estimate of drug-likeness (QED) is 0.790. The molecule has 1 fully saturated rings. The molecule has 0 aliphatic carbocycles. The lowest BCUT2D eigenvalue weighted by atomic mass is 9.99. The van der Waals surface area contributed by atoms with Crippen LogP contribution in [0.25, 0.3) is 0 Å². The molecular formula is C20H23FO5. The van der Waals surface area contributed by atoms with Gasteiger partial charge in [-0.15, -0.1) is 0 Å². The van der Waals surface area contributed by atoms with Crippen LogP contribution in [0, 0.1) is 0 Å². The highest BCUT2D eigenvalue weighted by Gasteiger charge is 2.46. The fourth-order valence-electron chi connectivity index (χ4n) is 2.95. The van der Waals surface area contributed by atoms with E-state index in [1.165, 1.54) is 0 Å². The van der Waals surface area contributed by atoms with E-state index in [4.69, 9.17) is 14.2 Å². The number of alkyl halides is 1. The average molecular weight is 362 g/mol. The van der Waals surface area contributed by atoms with E-state index in [0.717, 1.165) is 11.1 Å². The Morgan fingerprint density at radius 3 is 1.81 bits per heavy atom. The van der Waals surface area contributed by atoms with E-state index in [1.54, 1.807) is 0 Å². The van der Waals surface area contributed by atoms with Crippen molar-refractivity contribution in [2.75, 3.05) is 6.67 Å². The number of ether oxygens (including phenoxy) is 3. The molecule has 5 atom stereocenters. The van der Waals surface area contributed by atoms with Gasteiger partial charge in [0.1, 0.15) is 31.1 Å². The van der Waals surface area contributed by atoms with Gasteiger partial charge >= 0.3 is 0 Å². The molecule has 0 amide bonds. The molecule has 140 valence electrons. The van der Waals surface area contributed by atoms with Gasteiger partial charge < -0.3 is 24.4 Å². The number of halogens is 1. The van der Waals surface area contributed by atoms with Crippen molar-refractivity contribution in [2.24, 2.45) is 0 Å². The molecule has 26 heavy (non-hydrogen) atoms. The van der Waals surface area contributed by atoms with E-state index in [2.05, 4.69) is 0 Å². The van der Waals surface area contributed by atoms with Crippen LogP contribution in [0.4, 0.5) is 4.39 Å². The van der Waals surface area contributed by atoms with Gasteiger partial charge in [0.05, 0.1) is 13.2 Å². The van der Waals surface area contributed by atoms with Crippen molar-refractivity contribution in [2.45, 2.75) is 43.9 Å². The van der Waals surface area contributed by atoms with E-state index in [9.17, 15) is 14.6 Å². The molecule has 0 unspecified atom stereocenters. The zero-order valence-corrected chi connectivity index (χ0v) is 14.3. The number of rotatable bonds is 7. The molecule has 1 saturated heterocycles. The van der Waals surface area contributed by atoms with Crippen molar-refractivity contribution in [3.05, 3.63) is 71.8 Å². The summed E-state index contributed by atoms with van der Waals surface area (Å²) in [6.07, 6.45) is -5.67. The SMILES string of the molecule is O[C@@H]1[C@H](OCc2ccccc2)[C@@H](O)O[C@H](CF)[C@H]1OCc1ccccc1. The third kappa shape index (κ3) is 4.66. The van der Waals surface area contributed by atoms with Crippen molar-refractivity contribution >= 4 is 0 Å². The van der Waals surface area contributed by atoms with Crippen molar-refractivity contribution in [3.63, 3.8) is 0 Å². The third-order valence-corrected chi connectivity index (χ3v) is 4.36. The first-order chi connectivity index (χ1) is 12.7. The first-order valence-electron chi connectivity index (χ1n) is 8.57. The summed E-state index contributed by atoms with van der Waals surface area (Å²) in [5.74, 6) is 0. The number of hydrogen-bond acceptors (Lipinski definition) is 5. The zero-order valence-electron chi connectivity index (χ0n) is 14.3. The zero-order chi connectivity index (χ0) is 18.4. The maximum Gasteiger partial charge on any atom is 0.184 e. The third-order valence-electron chi connectivity index (χ3n) is 4.36. The fourth-order valence-corrected chi connectivity index (χ4v) is 2.95. The smallest absolute Gasteiger partial charge is 0.184 e. The molecule has 2 aromatic rings. The molecule has 0 spiro atoms. The van der Waals surface area contributed by atoms with Gasteiger partial charge in [-0.05, 0) is 11.1 Å². The van der Waals surface area contributed by atoms with Gasteiger partial charge in [0.2, 0.25) is 0 Å². The Morgan fingerprint density at radius 2 is 1.31 bits per heavy atom. The molecule has 3 rings (SSSR count). The van der Waals surface area contributed by atoms with Crippen LogP contribution in [-0.2, 0) is 27.4 Å². The van der Waals surface area contributed by atoms with E-state index in [-0.39, 0.29) is 13.2 Å². The minimum atomic E-state index is -1.42. The molecule has 1 aliphatic rings. The van der Waals surface area contributed by atoms with Crippen LogP contribution in [0.3, 0.4) is 0 Å². The minimum Gasteiger partial charge on any atom is -0.387 e. The van der Waals surface area contributed by atoms with Gasteiger partial charge in [0, 0.05) is 0 Å². The maximum atomic E-state index is 13.3. The first-order valence-corrected chi connectivity index (χ1v) is 8.57. The van der Waals surface area contributed by atoms with Crippen LogP contribution in [0.5, 0.6) is 0 Å². The fraction of sp³-hybridized carbons (Fsp3) is 0.400. The Kier molecular flexibility index (Phi) is 6.71. The summed E-state index contributed by atoms with van der Waals surface area (Å²) in [7, 11) is 0. The van der Waals surface area contributed by atoms with E-state index < -0.39 is 37.4 Å². The van der Waals surface area contributed by atoms with E-state index in [1.807, 2.05) is 60.7 Å². The molecule has 5 nitrogen and oxygen atoms in total. The highest BCUT2D eigenvalue weighted by molar-refractivity contribution is 5.14. The molecule has 0 radical (unpaired) electrons. The highest BCUT2D eigenvalue weighted by atomic mass is 19.1. The molecule has 6 heteroatoms. The lowest BCUT2D eigenvalue weighted by molar-refractivity contribution is -0.304. The Hall–Kier alpha value is -1.83.